The maximum Gasteiger partial charge on any atom is 0.0991 e. The summed E-state index contributed by atoms with van der Waals surface area (Å²) in [5, 5.41) is 15.9. The van der Waals surface area contributed by atoms with Gasteiger partial charge in [0, 0.05) is 12.6 Å². The van der Waals surface area contributed by atoms with Crippen LogP contribution in [-0.2, 0) is 6.54 Å². The lowest BCUT2D eigenvalue weighted by atomic mass is 9.95. The maximum atomic E-state index is 8.85. The first kappa shape index (κ1) is 15.0. The van der Waals surface area contributed by atoms with E-state index in [1.807, 2.05) is 18.2 Å². The molecule has 3 nitrogen and oxygen atoms in total. The summed E-state index contributed by atoms with van der Waals surface area (Å²) >= 11 is 0. The molecule has 20 heavy (non-hydrogen) atoms. The molecule has 3 heteroatoms. The Balaban J connectivity index is 1.54. The predicted octanol–water partition coefficient (Wildman–Crippen LogP) is 2.96. The van der Waals surface area contributed by atoms with E-state index in [4.69, 9.17) is 5.26 Å². The summed E-state index contributed by atoms with van der Waals surface area (Å²) in [6, 6.07) is 10.7. The van der Waals surface area contributed by atoms with Crippen molar-refractivity contribution in [3.05, 3.63) is 35.4 Å². The second-order valence-corrected chi connectivity index (χ2v) is 5.63. The molecule has 0 radical (unpaired) electrons. The van der Waals surface area contributed by atoms with Crippen LogP contribution >= 0.6 is 0 Å². The van der Waals surface area contributed by atoms with Crippen LogP contribution in [-0.4, -0.2) is 19.1 Å². The average Bonchev–Trinajstić information content (AvgIpc) is 2.52. The van der Waals surface area contributed by atoms with Crippen molar-refractivity contribution in [1.29, 1.82) is 5.26 Å². The topological polar surface area (TPSA) is 47.9 Å². The summed E-state index contributed by atoms with van der Waals surface area (Å²) in [5.74, 6) is 0. The van der Waals surface area contributed by atoms with Gasteiger partial charge in [0.05, 0.1) is 11.6 Å². The monoisotopic (exact) mass is 271 g/mol. The van der Waals surface area contributed by atoms with E-state index in [-0.39, 0.29) is 0 Å². The Morgan fingerprint density at radius 3 is 2.80 bits per heavy atom. The molecular weight excluding hydrogens is 246 g/mol. The first-order valence-corrected chi connectivity index (χ1v) is 7.81. The number of rotatable bonds is 7. The Bertz CT molecular complexity index is 430. The highest BCUT2D eigenvalue weighted by Gasteiger charge is 2.11. The first-order chi connectivity index (χ1) is 9.88. The van der Waals surface area contributed by atoms with Gasteiger partial charge in [-0.2, -0.15) is 5.26 Å². The zero-order valence-corrected chi connectivity index (χ0v) is 12.2. The second-order valence-electron chi connectivity index (χ2n) is 5.63. The van der Waals surface area contributed by atoms with E-state index < -0.39 is 0 Å². The van der Waals surface area contributed by atoms with Crippen LogP contribution in [0.15, 0.2) is 24.3 Å². The minimum atomic E-state index is 0.739. The molecule has 1 aromatic carbocycles. The van der Waals surface area contributed by atoms with Gasteiger partial charge < -0.3 is 10.6 Å². The van der Waals surface area contributed by atoms with E-state index in [2.05, 4.69) is 22.8 Å². The Morgan fingerprint density at radius 1 is 1.15 bits per heavy atom. The summed E-state index contributed by atoms with van der Waals surface area (Å²) < 4.78 is 0. The number of nitriles is 1. The lowest BCUT2D eigenvalue weighted by Crippen LogP contribution is -2.33. The summed E-state index contributed by atoms with van der Waals surface area (Å²) in [6.07, 6.45) is 8.08. The van der Waals surface area contributed by atoms with Gasteiger partial charge in [0.15, 0.2) is 0 Å². The zero-order valence-electron chi connectivity index (χ0n) is 12.2. The van der Waals surface area contributed by atoms with Gasteiger partial charge in [-0.05, 0) is 50.0 Å². The largest absolute Gasteiger partial charge is 0.314 e. The van der Waals surface area contributed by atoms with E-state index in [1.165, 1.54) is 37.7 Å². The SMILES string of the molecule is N#Cc1cccc(CNCCCNC2CCCCC2)c1. The molecule has 0 bridgehead atoms. The van der Waals surface area contributed by atoms with E-state index in [1.54, 1.807) is 0 Å². The van der Waals surface area contributed by atoms with Gasteiger partial charge in [-0.1, -0.05) is 31.4 Å². The second kappa shape index (κ2) is 8.73. The molecule has 1 fully saturated rings. The number of benzene rings is 1. The summed E-state index contributed by atoms with van der Waals surface area (Å²) in [7, 11) is 0. The maximum absolute atomic E-state index is 8.85. The lowest BCUT2D eigenvalue weighted by molar-refractivity contribution is 0.371. The summed E-state index contributed by atoms with van der Waals surface area (Å²) in [4.78, 5) is 0. The number of nitrogens with one attached hydrogen (secondary N) is 2. The molecular formula is C17H25N3. The van der Waals surface area contributed by atoms with Crippen LogP contribution in [0.5, 0.6) is 0 Å². The third kappa shape index (κ3) is 5.32. The molecule has 0 atom stereocenters. The molecule has 0 aliphatic heterocycles. The highest BCUT2D eigenvalue weighted by Crippen LogP contribution is 2.17. The van der Waals surface area contributed by atoms with Crippen LogP contribution in [0, 0.1) is 11.3 Å². The summed E-state index contributed by atoms with van der Waals surface area (Å²) in [6.45, 7) is 2.98. The molecule has 0 spiro atoms. The van der Waals surface area contributed by atoms with Crippen LogP contribution in [0.25, 0.3) is 0 Å². The molecule has 2 rings (SSSR count). The minimum Gasteiger partial charge on any atom is -0.314 e. The van der Waals surface area contributed by atoms with Crippen molar-refractivity contribution in [2.45, 2.75) is 51.1 Å². The van der Waals surface area contributed by atoms with Crippen LogP contribution in [0.2, 0.25) is 0 Å². The van der Waals surface area contributed by atoms with Crippen molar-refractivity contribution in [3.8, 4) is 6.07 Å². The number of hydrogen-bond donors (Lipinski definition) is 2. The summed E-state index contributed by atoms with van der Waals surface area (Å²) in [5.41, 5.74) is 1.92. The number of hydrogen-bond acceptors (Lipinski definition) is 3. The highest BCUT2D eigenvalue weighted by molar-refractivity contribution is 5.32. The van der Waals surface area contributed by atoms with Crippen LogP contribution in [0.3, 0.4) is 0 Å². The Labute approximate surface area is 122 Å². The third-order valence-corrected chi connectivity index (χ3v) is 3.95. The van der Waals surface area contributed by atoms with Crippen LogP contribution < -0.4 is 10.6 Å². The Hall–Kier alpha value is -1.37. The Kier molecular flexibility index (Phi) is 6.56. The van der Waals surface area contributed by atoms with Crippen molar-refractivity contribution in [1.82, 2.24) is 10.6 Å². The molecule has 0 saturated heterocycles. The molecule has 1 aliphatic rings. The van der Waals surface area contributed by atoms with Gasteiger partial charge in [-0.15, -0.1) is 0 Å². The van der Waals surface area contributed by atoms with Gasteiger partial charge in [-0.25, -0.2) is 0 Å². The van der Waals surface area contributed by atoms with E-state index in [9.17, 15) is 0 Å². The lowest BCUT2D eigenvalue weighted by Gasteiger charge is -2.22. The van der Waals surface area contributed by atoms with Crippen LogP contribution in [0.1, 0.15) is 49.7 Å². The fourth-order valence-corrected chi connectivity index (χ4v) is 2.81. The fourth-order valence-electron chi connectivity index (χ4n) is 2.81. The van der Waals surface area contributed by atoms with Crippen molar-refractivity contribution >= 4 is 0 Å². The van der Waals surface area contributed by atoms with Gasteiger partial charge in [0.25, 0.3) is 0 Å². The molecule has 2 N–H and O–H groups in total. The molecule has 0 heterocycles. The molecule has 0 aromatic heterocycles. The fraction of sp³-hybridized carbons (Fsp3) is 0.588. The van der Waals surface area contributed by atoms with Gasteiger partial charge in [-0.3, -0.25) is 0 Å². The van der Waals surface area contributed by atoms with Crippen molar-refractivity contribution < 1.29 is 0 Å². The smallest absolute Gasteiger partial charge is 0.0991 e. The molecule has 1 saturated carbocycles. The molecule has 108 valence electrons. The Morgan fingerprint density at radius 2 is 2.00 bits per heavy atom. The first-order valence-electron chi connectivity index (χ1n) is 7.81. The number of nitrogens with zero attached hydrogens (tertiary/aromatic N) is 1. The zero-order chi connectivity index (χ0) is 14.0. The average molecular weight is 271 g/mol. The molecule has 0 unspecified atom stereocenters. The van der Waals surface area contributed by atoms with E-state index >= 15 is 0 Å². The predicted molar refractivity (Wildman–Crippen MR) is 82.4 cm³/mol. The standard InChI is InChI=1S/C17H25N3/c18-13-15-6-4-7-16(12-15)14-19-10-5-11-20-17-8-2-1-3-9-17/h4,6-7,12,17,19-20H,1-3,5,8-11,14H2. The molecule has 0 amide bonds. The van der Waals surface area contributed by atoms with Crippen molar-refractivity contribution in [3.63, 3.8) is 0 Å². The van der Waals surface area contributed by atoms with E-state index in [0.717, 1.165) is 37.7 Å². The van der Waals surface area contributed by atoms with Gasteiger partial charge in [0.1, 0.15) is 0 Å². The van der Waals surface area contributed by atoms with Crippen molar-refractivity contribution in [2.24, 2.45) is 0 Å². The quantitative estimate of drug-likeness (QED) is 0.750. The van der Waals surface area contributed by atoms with E-state index in [0.29, 0.717) is 0 Å². The normalized spacial score (nSPS) is 15.9. The third-order valence-electron chi connectivity index (χ3n) is 3.95. The van der Waals surface area contributed by atoms with Crippen LogP contribution in [0.4, 0.5) is 0 Å². The molecule has 1 aliphatic carbocycles. The highest BCUT2D eigenvalue weighted by atomic mass is 14.9. The minimum absolute atomic E-state index is 0.739. The van der Waals surface area contributed by atoms with Crippen molar-refractivity contribution in [2.75, 3.05) is 13.1 Å². The molecule has 1 aromatic rings. The van der Waals surface area contributed by atoms with Gasteiger partial charge >= 0.3 is 0 Å². The van der Waals surface area contributed by atoms with Gasteiger partial charge in [0.2, 0.25) is 0 Å².